The number of amides is 1. The molecule has 0 N–H and O–H groups in total. The summed E-state index contributed by atoms with van der Waals surface area (Å²) in [6.45, 7) is 1.62. The van der Waals surface area contributed by atoms with Gasteiger partial charge in [-0.3, -0.25) is 4.79 Å². The highest BCUT2D eigenvalue weighted by Crippen LogP contribution is 2.28. The first-order valence-electron chi connectivity index (χ1n) is 7.26. The summed E-state index contributed by atoms with van der Waals surface area (Å²) in [5.41, 5.74) is 2.05. The third-order valence-corrected chi connectivity index (χ3v) is 4.08. The normalized spacial score (nSPS) is 17.8. The molecule has 2 aromatic carbocycles. The molecule has 0 saturated carbocycles. The largest absolute Gasteiger partial charge is 0.497 e. The van der Waals surface area contributed by atoms with Crippen LogP contribution in [0.2, 0.25) is 0 Å². The molecule has 1 amide bonds. The van der Waals surface area contributed by atoms with Gasteiger partial charge in [-0.25, -0.2) is 0 Å². The third-order valence-electron chi connectivity index (χ3n) is 4.08. The summed E-state index contributed by atoms with van der Waals surface area (Å²) in [7, 11) is 1.63. The Labute approximate surface area is 125 Å². The van der Waals surface area contributed by atoms with Crippen molar-refractivity contribution in [3.05, 3.63) is 65.7 Å². The standard InChI is InChI=1S/C18H19NO2/c1-21-17-9-7-15(8-10-17)18(20)19-12-11-16(13-19)14-5-3-2-4-6-14/h2-10,16H,11-13H2,1H3. The molecule has 21 heavy (non-hydrogen) atoms. The highest BCUT2D eigenvalue weighted by Gasteiger charge is 2.27. The number of hydrogen-bond donors (Lipinski definition) is 0. The van der Waals surface area contributed by atoms with Crippen molar-refractivity contribution in [1.82, 2.24) is 4.90 Å². The van der Waals surface area contributed by atoms with E-state index in [1.54, 1.807) is 7.11 Å². The second-order valence-electron chi connectivity index (χ2n) is 5.38. The van der Waals surface area contributed by atoms with E-state index in [4.69, 9.17) is 4.74 Å². The van der Waals surface area contributed by atoms with Crippen molar-refractivity contribution in [2.45, 2.75) is 12.3 Å². The Morgan fingerprint density at radius 1 is 1.10 bits per heavy atom. The lowest BCUT2D eigenvalue weighted by Gasteiger charge is -2.17. The number of nitrogens with zero attached hydrogens (tertiary/aromatic N) is 1. The van der Waals surface area contributed by atoms with E-state index in [0.717, 1.165) is 30.8 Å². The predicted octanol–water partition coefficient (Wildman–Crippen LogP) is 3.32. The monoisotopic (exact) mass is 281 g/mol. The molecule has 0 bridgehead atoms. The first-order chi connectivity index (χ1) is 10.3. The lowest BCUT2D eigenvalue weighted by Crippen LogP contribution is -2.28. The van der Waals surface area contributed by atoms with Crippen LogP contribution in [0.5, 0.6) is 5.75 Å². The first-order valence-corrected chi connectivity index (χ1v) is 7.26. The minimum absolute atomic E-state index is 0.107. The van der Waals surface area contributed by atoms with E-state index in [2.05, 4.69) is 24.3 Å². The molecule has 1 atom stereocenters. The molecule has 1 fully saturated rings. The summed E-state index contributed by atoms with van der Waals surface area (Å²) >= 11 is 0. The topological polar surface area (TPSA) is 29.5 Å². The molecular formula is C18H19NO2. The van der Waals surface area contributed by atoms with E-state index in [1.807, 2.05) is 35.2 Å². The molecule has 0 radical (unpaired) electrons. The summed E-state index contributed by atoms with van der Waals surface area (Å²) in [4.78, 5) is 14.5. The van der Waals surface area contributed by atoms with Crippen molar-refractivity contribution in [2.75, 3.05) is 20.2 Å². The summed E-state index contributed by atoms with van der Waals surface area (Å²) < 4.78 is 5.12. The minimum Gasteiger partial charge on any atom is -0.497 e. The van der Waals surface area contributed by atoms with Crippen LogP contribution >= 0.6 is 0 Å². The molecule has 1 aliphatic heterocycles. The molecule has 1 heterocycles. The molecule has 3 nitrogen and oxygen atoms in total. The molecule has 1 unspecified atom stereocenters. The SMILES string of the molecule is COc1ccc(C(=O)N2CCC(c3ccccc3)C2)cc1. The average Bonchev–Trinajstić information content (AvgIpc) is 3.05. The molecule has 1 saturated heterocycles. The van der Waals surface area contributed by atoms with E-state index in [9.17, 15) is 4.79 Å². The van der Waals surface area contributed by atoms with Gasteiger partial charge in [0.2, 0.25) is 0 Å². The average molecular weight is 281 g/mol. The van der Waals surface area contributed by atoms with Gasteiger partial charge in [-0.05, 0) is 36.2 Å². The van der Waals surface area contributed by atoms with Crippen molar-refractivity contribution < 1.29 is 9.53 Å². The molecule has 0 aromatic heterocycles. The van der Waals surface area contributed by atoms with Crippen molar-refractivity contribution in [3.63, 3.8) is 0 Å². The van der Waals surface area contributed by atoms with Crippen LogP contribution < -0.4 is 4.74 Å². The first kappa shape index (κ1) is 13.7. The maximum absolute atomic E-state index is 12.5. The Morgan fingerprint density at radius 3 is 2.48 bits per heavy atom. The number of ether oxygens (including phenoxy) is 1. The zero-order valence-corrected chi connectivity index (χ0v) is 12.2. The Kier molecular flexibility index (Phi) is 3.91. The van der Waals surface area contributed by atoms with Crippen molar-refractivity contribution >= 4 is 5.91 Å². The Bertz CT molecular complexity index is 607. The number of likely N-dealkylation sites (tertiary alicyclic amines) is 1. The van der Waals surface area contributed by atoms with Gasteiger partial charge in [-0.1, -0.05) is 30.3 Å². The Morgan fingerprint density at radius 2 is 1.81 bits per heavy atom. The van der Waals surface area contributed by atoms with Gasteiger partial charge in [0.25, 0.3) is 5.91 Å². The number of benzene rings is 2. The molecular weight excluding hydrogens is 262 g/mol. The van der Waals surface area contributed by atoms with Crippen LogP contribution in [0.4, 0.5) is 0 Å². The smallest absolute Gasteiger partial charge is 0.253 e. The number of rotatable bonds is 3. The van der Waals surface area contributed by atoms with E-state index < -0.39 is 0 Å². The van der Waals surface area contributed by atoms with Crippen LogP contribution in [0, 0.1) is 0 Å². The molecule has 0 aliphatic carbocycles. The van der Waals surface area contributed by atoms with Crippen LogP contribution in [-0.2, 0) is 0 Å². The van der Waals surface area contributed by atoms with Crippen molar-refractivity contribution in [1.29, 1.82) is 0 Å². The van der Waals surface area contributed by atoms with Gasteiger partial charge in [0, 0.05) is 24.6 Å². The molecule has 3 rings (SSSR count). The van der Waals surface area contributed by atoms with Gasteiger partial charge in [0.1, 0.15) is 5.75 Å². The van der Waals surface area contributed by atoms with Gasteiger partial charge >= 0.3 is 0 Å². The Balaban J connectivity index is 1.69. The lowest BCUT2D eigenvalue weighted by atomic mass is 9.99. The number of methoxy groups -OCH3 is 1. The van der Waals surface area contributed by atoms with Gasteiger partial charge in [-0.2, -0.15) is 0 Å². The summed E-state index contributed by atoms with van der Waals surface area (Å²) in [6, 6.07) is 17.8. The Hall–Kier alpha value is -2.29. The van der Waals surface area contributed by atoms with E-state index in [-0.39, 0.29) is 5.91 Å². The molecule has 3 heteroatoms. The van der Waals surface area contributed by atoms with E-state index in [0.29, 0.717) is 5.92 Å². The predicted molar refractivity (Wildman–Crippen MR) is 82.7 cm³/mol. The number of hydrogen-bond acceptors (Lipinski definition) is 2. The van der Waals surface area contributed by atoms with Crippen molar-refractivity contribution in [2.24, 2.45) is 0 Å². The summed E-state index contributed by atoms with van der Waals surface area (Å²) in [5, 5.41) is 0. The van der Waals surface area contributed by atoms with Crippen LogP contribution in [0.15, 0.2) is 54.6 Å². The second-order valence-corrected chi connectivity index (χ2v) is 5.38. The number of carbonyl (C=O) groups excluding carboxylic acids is 1. The van der Waals surface area contributed by atoms with Crippen molar-refractivity contribution in [3.8, 4) is 5.75 Å². The zero-order chi connectivity index (χ0) is 14.7. The summed E-state index contributed by atoms with van der Waals surface area (Å²) in [5.74, 6) is 1.33. The van der Waals surface area contributed by atoms with Gasteiger partial charge in [0.15, 0.2) is 0 Å². The van der Waals surface area contributed by atoms with Gasteiger partial charge in [-0.15, -0.1) is 0 Å². The second kappa shape index (κ2) is 6.00. The summed E-state index contributed by atoms with van der Waals surface area (Å²) in [6.07, 6.45) is 1.03. The molecule has 0 spiro atoms. The van der Waals surface area contributed by atoms with Crippen LogP contribution in [0.1, 0.15) is 28.3 Å². The molecule has 108 valence electrons. The third kappa shape index (κ3) is 2.92. The zero-order valence-electron chi connectivity index (χ0n) is 12.2. The fourth-order valence-corrected chi connectivity index (χ4v) is 2.86. The minimum atomic E-state index is 0.107. The fourth-order valence-electron chi connectivity index (χ4n) is 2.86. The quantitative estimate of drug-likeness (QED) is 0.863. The van der Waals surface area contributed by atoms with Gasteiger partial charge < -0.3 is 9.64 Å². The fraction of sp³-hybridized carbons (Fsp3) is 0.278. The van der Waals surface area contributed by atoms with E-state index >= 15 is 0 Å². The van der Waals surface area contributed by atoms with Crippen LogP contribution in [0.3, 0.4) is 0 Å². The maximum Gasteiger partial charge on any atom is 0.253 e. The van der Waals surface area contributed by atoms with E-state index in [1.165, 1.54) is 5.56 Å². The molecule has 2 aromatic rings. The van der Waals surface area contributed by atoms with Gasteiger partial charge in [0.05, 0.1) is 7.11 Å². The number of carbonyl (C=O) groups is 1. The van der Waals surface area contributed by atoms with Crippen LogP contribution in [-0.4, -0.2) is 31.0 Å². The maximum atomic E-state index is 12.5. The van der Waals surface area contributed by atoms with Crippen LogP contribution in [0.25, 0.3) is 0 Å². The highest BCUT2D eigenvalue weighted by atomic mass is 16.5. The highest BCUT2D eigenvalue weighted by molar-refractivity contribution is 5.94. The lowest BCUT2D eigenvalue weighted by molar-refractivity contribution is 0.0791. The molecule has 1 aliphatic rings.